The van der Waals surface area contributed by atoms with E-state index in [4.69, 9.17) is 10.3 Å². The molecule has 2 N–H and O–H groups in total. The van der Waals surface area contributed by atoms with E-state index >= 15 is 0 Å². The van der Waals surface area contributed by atoms with Crippen LogP contribution in [-0.2, 0) is 0 Å². The van der Waals surface area contributed by atoms with Crippen molar-refractivity contribution >= 4 is 5.88 Å². The zero-order valence-electron chi connectivity index (χ0n) is 11.6. The third-order valence-corrected chi connectivity index (χ3v) is 3.38. The summed E-state index contributed by atoms with van der Waals surface area (Å²) in [7, 11) is 0. The molecule has 0 amide bonds. The molecule has 0 spiro atoms. The minimum absolute atomic E-state index is 0.351. The number of anilines is 1. The molecule has 3 rings (SSSR count). The molecule has 0 saturated heterocycles. The number of benzene rings is 2. The number of nitrogens with two attached hydrogens (primary N) is 1. The molecule has 0 aliphatic rings. The molecule has 0 unspecified atom stereocenters. The van der Waals surface area contributed by atoms with Crippen molar-refractivity contribution in [3.8, 4) is 22.4 Å². The Bertz CT molecular complexity index is 725. The van der Waals surface area contributed by atoms with Crippen molar-refractivity contribution in [2.75, 3.05) is 5.73 Å². The Morgan fingerprint density at radius 3 is 1.85 bits per heavy atom. The van der Waals surface area contributed by atoms with E-state index in [9.17, 15) is 0 Å². The lowest BCUT2D eigenvalue weighted by atomic mass is 9.99. The monoisotopic (exact) mass is 264 g/mol. The minimum Gasteiger partial charge on any atom is -0.367 e. The van der Waals surface area contributed by atoms with Crippen LogP contribution >= 0.6 is 0 Å². The fourth-order valence-electron chi connectivity index (χ4n) is 2.21. The second-order valence-electron chi connectivity index (χ2n) is 5.00. The van der Waals surface area contributed by atoms with Gasteiger partial charge in [0.2, 0.25) is 5.88 Å². The molecule has 3 nitrogen and oxygen atoms in total. The first-order chi connectivity index (χ1) is 9.65. The van der Waals surface area contributed by atoms with Gasteiger partial charge >= 0.3 is 0 Å². The van der Waals surface area contributed by atoms with Gasteiger partial charge in [0.05, 0.1) is 5.56 Å². The molecule has 20 heavy (non-hydrogen) atoms. The van der Waals surface area contributed by atoms with E-state index in [0.717, 1.165) is 22.4 Å². The molecule has 2 aromatic carbocycles. The number of hydrogen-bond donors (Lipinski definition) is 1. The maximum atomic E-state index is 5.95. The van der Waals surface area contributed by atoms with Gasteiger partial charge in [-0.25, -0.2) is 0 Å². The predicted octanol–water partition coefficient (Wildman–Crippen LogP) is 4.21. The number of nitrogens with zero attached hydrogens (tertiary/aromatic N) is 1. The normalized spacial score (nSPS) is 10.7. The summed E-state index contributed by atoms with van der Waals surface area (Å²) < 4.78 is 5.19. The summed E-state index contributed by atoms with van der Waals surface area (Å²) in [5.41, 5.74) is 12.0. The molecule has 0 aliphatic heterocycles. The Morgan fingerprint density at radius 2 is 1.30 bits per heavy atom. The maximum Gasteiger partial charge on any atom is 0.230 e. The maximum absolute atomic E-state index is 5.95. The summed E-state index contributed by atoms with van der Waals surface area (Å²) in [5.74, 6) is 0.351. The molecule has 0 aliphatic carbocycles. The van der Waals surface area contributed by atoms with Gasteiger partial charge in [0.15, 0.2) is 0 Å². The first kappa shape index (κ1) is 12.5. The molecule has 100 valence electrons. The third-order valence-electron chi connectivity index (χ3n) is 3.38. The van der Waals surface area contributed by atoms with Crippen LogP contribution in [0.4, 0.5) is 5.88 Å². The summed E-state index contributed by atoms with van der Waals surface area (Å²) >= 11 is 0. The molecule has 0 bridgehead atoms. The highest BCUT2D eigenvalue weighted by atomic mass is 16.5. The highest BCUT2D eigenvalue weighted by molar-refractivity contribution is 5.86. The van der Waals surface area contributed by atoms with Crippen molar-refractivity contribution in [2.45, 2.75) is 13.8 Å². The van der Waals surface area contributed by atoms with Crippen LogP contribution in [0.1, 0.15) is 11.1 Å². The Labute approximate surface area is 118 Å². The van der Waals surface area contributed by atoms with Gasteiger partial charge in [-0.2, -0.15) is 0 Å². The molecule has 0 fully saturated rings. The zero-order chi connectivity index (χ0) is 14.1. The topological polar surface area (TPSA) is 52.0 Å². The van der Waals surface area contributed by atoms with Gasteiger partial charge in [-0.3, -0.25) is 0 Å². The second kappa shape index (κ2) is 4.85. The SMILES string of the molecule is Cc1ccc(-c2noc(N)c2-c2ccc(C)cc2)cc1. The van der Waals surface area contributed by atoms with E-state index in [2.05, 4.69) is 43.3 Å². The van der Waals surface area contributed by atoms with Gasteiger partial charge in [-0.15, -0.1) is 0 Å². The van der Waals surface area contributed by atoms with Crippen LogP contribution in [0, 0.1) is 13.8 Å². The lowest BCUT2D eigenvalue weighted by molar-refractivity contribution is 0.439. The first-order valence-electron chi connectivity index (χ1n) is 6.54. The molecule has 0 saturated carbocycles. The minimum atomic E-state index is 0.351. The van der Waals surface area contributed by atoms with E-state index in [1.54, 1.807) is 0 Å². The number of nitrogen functional groups attached to an aromatic ring is 1. The average Bonchev–Trinajstić information content (AvgIpc) is 2.83. The highest BCUT2D eigenvalue weighted by Gasteiger charge is 2.17. The zero-order valence-corrected chi connectivity index (χ0v) is 11.6. The quantitative estimate of drug-likeness (QED) is 0.754. The smallest absolute Gasteiger partial charge is 0.230 e. The summed E-state index contributed by atoms with van der Waals surface area (Å²) in [6.45, 7) is 4.11. The fourth-order valence-corrected chi connectivity index (χ4v) is 2.21. The summed E-state index contributed by atoms with van der Waals surface area (Å²) in [5, 5.41) is 4.11. The van der Waals surface area contributed by atoms with Crippen molar-refractivity contribution in [1.29, 1.82) is 0 Å². The molecule has 1 aromatic heterocycles. The van der Waals surface area contributed by atoms with Crippen LogP contribution in [0.5, 0.6) is 0 Å². The van der Waals surface area contributed by atoms with Crippen LogP contribution in [0.2, 0.25) is 0 Å². The predicted molar refractivity (Wildman–Crippen MR) is 81.3 cm³/mol. The Morgan fingerprint density at radius 1 is 0.800 bits per heavy atom. The van der Waals surface area contributed by atoms with E-state index < -0.39 is 0 Å². The highest BCUT2D eigenvalue weighted by Crippen LogP contribution is 2.36. The lowest BCUT2D eigenvalue weighted by Crippen LogP contribution is -1.88. The van der Waals surface area contributed by atoms with E-state index in [1.807, 2.05) is 24.3 Å². The summed E-state index contributed by atoms with van der Waals surface area (Å²) in [4.78, 5) is 0. The van der Waals surface area contributed by atoms with Gasteiger partial charge in [0.1, 0.15) is 5.69 Å². The van der Waals surface area contributed by atoms with Crippen molar-refractivity contribution in [3.05, 3.63) is 59.7 Å². The first-order valence-corrected chi connectivity index (χ1v) is 6.54. The van der Waals surface area contributed by atoms with E-state index in [-0.39, 0.29) is 0 Å². The number of aromatic nitrogens is 1. The second-order valence-corrected chi connectivity index (χ2v) is 5.00. The summed E-state index contributed by atoms with van der Waals surface area (Å²) in [6, 6.07) is 16.4. The third kappa shape index (κ3) is 2.18. The van der Waals surface area contributed by atoms with Crippen LogP contribution in [-0.4, -0.2) is 5.16 Å². The largest absolute Gasteiger partial charge is 0.367 e. The lowest BCUT2D eigenvalue weighted by Gasteiger charge is -2.04. The average molecular weight is 264 g/mol. The van der Waals surface area contributed by atoms with E-state index in [0.29, 0.717) is 5.88 Å². The number of aryl methyl sites for hydroxylation is 2. The van der Waals surface area contributed by atoms with Crippen molar-refractivity contribution in [2.24, 2.45) is 0 Å². The van der Waals surface area contributed by atoms with Gasteiger partial charge < -0.3 is 10.3 Å². The Balaban J connectivity index is 2.14. The van der Waals surface area contributed by atoms with Crippen LogP contribution < -0.4 is 5.73 Å². The van der Waals surface area contributed by atoms with Crippen LogP contribution in [0.25, 0.3) is 22.4 Å². The molecular weight excluding hydrogens is 248 g/mol. The van der Waals surface area contributed by atoms with Crippen LogP contribution in [0.3, 0.4) is 0 Å². The molecular formula is C17H16N2O. The Kier molecular flexibility index (Phi) is 3.03. The molecule has 0 radical (unpaired) electrons. The molecule has 0 atom stereocenters. The van der Waals surface area contributed by atoms with Gasteiger partial charge in [0, 0.05) is 5.56 Å². The van der Waals surface area contributed by atoms with Gasteiger partial charge in [-0.05, 0) is 19.4 Å². The Hall–Kier alpha value is -2.55. The fraction of sp³-hybridized carbons (Fsp3) is 0.118. The van der Waals surface area contributed by atoms with Crippen molar-refractivity contribution < 1.29 is 4.52 Å². The molecule has 3 heteroatoms. The molecule has 3 aromatic rings. The van der Waals surface area contributed by atoms with E-state index in [1.165, 1.54) is 11.1 Å². The van der Waals surface area contributed by atoms with Crippen molar-refractivity contribution in [3.63, 3.8) is 0 Å². The van der Waals surface area contributed by atoms with Crippen molar-refractivity contribution in [1.82, 2.24) is 5.16 Å². The molecule has 1 heterocycles. The summed E-state index contributed by atoms with van der Waals surface area (Å²) in [6.07, 6.45) is 0. The van der Waals surface area contributed by atoms with Crippen LogP contribution in [0.15, 0.2) is 53.1 Å². The van der Waals surface area contributed by atoms with Gasteiger partial charge in [-0.1, -0.05) is 64.8 Å². The number of hydrogen-bond acceptors (Lipinski definition) is 3. The van der Waals surface area contributed by atoms with Gasteiger partial charge in [0.25, 0.3) is 0 Å². The number of rotatable bonds is 2. The standard InChI is InChI=1S/C17H16N2O/c1-11-3-7-13(8-4-11)15-16(19-20-17(15)18)14-9-5-12(2)6-10-14/h3-10H,18H2,1-2H3.